The summed E-state index contributed by atoms with van der Waals surface area (Å²) in [5.41, 5.74) is 7.15. The second-order valence-corrected chi connectivity index (χ2v) is 7.22. The van der Waals surface area contributed by atoms with Crippen LogP contribution in [-0.2, 0) is 6.42 Å². The van der Waals surface area contributed by atoms with E-state index in [4.69, 9.17) is 0 Å². The topological polar surface area (TPSA) is 42.7 Å². The van der Waals surface area contributed by atoms with Crippen LogP contribution in [0, 0.1) is 0 Å². The molecule has 29 heavy (non-hydrogen) atoms. The van der Waals surface area contributed by atoms with Gasteiger partial charge >= 0.3 is 0 Å². The highest BCUT2D eigenvalue weighted by molar-refractivity contribution is 5.78. The van der Waals surface area contributed by atoms with E-state index in [1.165, 1.54) is 22.3 Å². The van der Waals surface area contributed by atoms with Crippen molar-refractivity contribution in [3.05, 3.63) is 108 Å². The van der Waals surface area contributed by atoms with Gasteiger partial charge in [0.05, 0.1) is 0 Å². The Morgan fingerprint density at radius 1 is 0.828 bits per heavy atom. The molecule has 2 heterocycles. The molecule has 0 spiro atoms. The van der Waals surface area contributed by atoms with Crippen molar-refractivity contribution in [1.82, 2.24) is 14.8 Å². The monoisotopic (exact) mass is 378 g/mol. The summed E-state index contributed by atoms with van der Waals surface area (Å²) in [5.74, 6) is 0.763. The molecular weight excluding hydrogens is 356 g/mol. The Balaban J connectivity index is 1.50. The Morgan fingerprint density at radius 3 is 2.24 bits per heavy atom. The zero-order valence-corrected chi connectivity index (χ0v) is 16.3. The van der Waals surface area contributed by atoms with Crippen LogP contribution in [0.25, 0.3) is 16.8 Å². The summed E-state index contributed by atoms with van der Waals surface area (Å²) in [6.45, 7) is 2.17. The first kappa shape index (κ1) is 17.4. The Morgan fingerprint density at radius 2 is 1.52 bits per heavy atom. The first-order chi connectivity index (χ1) is 14.3. The van der Waals surface area contributed by atoms with Crippen LogP contribution in [0.2, 0.25) is 0 Å². The van der Waals surface area contributed by atoms with E-state index in [-0.39, 0.29) is 6.04 Å². The molecule has 0 radical (unpaired) electrons. The maximum Gasteiger partial charge on any atom is 0.226 e. The minimum Gasteiger partial charge on any atom is -0.324 e. The lowest BCUT2D eigenvalue weighted by Gasteiger charge is -2.24. The van der Waals surface area contributed by atoms with Crippen LogP contribution >= 0.6 is 0 Å². The second kappa shape index (κ2) is 7.40. The molecule has 0 saturated heterocycles. The minimum atomic E-state index is 0.0171. The van der Waals surface area contributed by atoms with Crippen molar-refractivity contribution in [1.29, 1.82) is 0 Å². The van der Waals surface area contributed by atoms with E-state index in [2.05, 4.69) is 101 Å². The van der Waals surface area contributed by atoms with Crippen molar-refractivity contribution in [2.45, 2.75) is 19.4 Å². The normalized spacial score (nSPS) is 15.3. The van der Waals surface area contributed by atoms with Crippen LogP contribution in [-0.4, -0.2) is 14.8 Å². The number of aromatic nitrogens is 3. The number of aryl methyl sites for hydroxylation is 1. The number of rotatable bonds is 4. The van der Waals surface area contributed by atoms with Crippen molar-refractivity contribution in [3.8, 4) is 11.1 Å². The molecule has 142 valence electrons. The molecular formula is C25H22N4. The summed E-state index contributed by atoms with van der Waals surface area (Å²) in [5, 5.41) is 7.86. The van der Waals surface area contributed by atoms with Gasteiger partial charge in [-0.15, -0.1) is 0 Å². The number of nitrogens with one attached hydrogen (secondary N) is 1. The number of fused-ring (bicyclic) bond motifs is 1. The maximum atomic E-state index is 4.44. The average molecular weight is 378 g/mol. The molecule has 0 unspecified atom stereocenters. The van der Waals surface area contributed by atoms with E-state index >= 15 is 0 Å². The average Bonchev–Trinajstić information content (AvgIpc) is 3.28. The number of hydrogen-bond donors (Lipinski definition) is 1. The lowest BCUT2D eigenvalue weighted by atomic mass is 9.98. The molecule has 0 fully saturated rings. The fraction of sp³-hybridized carbons (Fsp3) is 0.120. The Hall–Kier alpha value is -3.66. The van der Waals surface area contributed by atoms with Gasteiger partial charge in [0.1, 0.15) is 12.4 Å². The molecule has 1 aliphatic heterocycles. The predicted octanol–water partition coefficient (Wildman–Crippen LogP) is 5.56. The molecule has 1 atom stereocenters. The van der Waals surface area contributed by atoms with E-state index in [9.17, 15) is 0 Å². The molecule has 0 amide bonds. The summed E-state index contributed by atoms with van der Waals surface area (Å²) in [6.07, 6.45) is 4.86. The molecule has 1 aromatic heterocycles. The first-order valence-corrected chi connectivity index (χ1v) is 9.95. The van der Waals surface area contributed by atoms with Gasteiger partial charge in [0.2, 0.25) is 5.95 Å². The van der Waals surface area contributed by atoms with Crippen LogP contribution in [0.5, 0.6) is 0 Å². The van der Waals surface area contributed by atoms with Gasteiger partial charge in [-0.3, -0.25) is 0 Å². The van der Waals surface area contributed by atoms with Crippen LogP contribution in [0.4, 0.5) is 5.95 Å². The zero-order valence-electron chi connectivity index (χ0n) is 16.3. The van der Waals surface area contributed by atoms with Crippen LogP contribution in [0.3, 0.4) is 0 Å². The third-order valence-corrected chi connectivity index (χ3v) is 5.44. The van der Waals surface area contributed by atoms with Gasteiger partial charge in [0.25, 0.3) is 0 Å². The van der Waals surface area contributed by atoms with Gasteiger partial charge in [-0.2, -0.15) is 10.1 Å². The molecule has 4 heteroatoms. The molecule has 0 aliphatic carbocycles. The van der Waals surface area contributed by atoms with Crippen LogP contribution in [0.1, 0.15) is 29.7 Å². The largest absolute Gasteiger partial charge is 0.324 e. The zero-order chi connectivity index (χ0) is 19.6. The summed E-state index contributed by atoms with van der Waals surface area (Å²) in [7, 11) is 0. The molecule has 3 aromatic carbocycles. The highest BCUT2D eigenvalue weighted by Crippen LogP contribution is 2.32. The molecule has 1 aliphatic rings. The van der Waals surface area contributed by atoms with E-state index in [0.717, 1.165) is 23.6 Å². The minimum absolute atomic E-state index is 0.0171. The predicted molar refractivity (Wildman–Crippen MR) is 117 cm³/mol. The number of hydrogen-bond acceptors (Lipinski definition) is 3. The molecule has 4 nitrogen and oxygen atoms in total. The van der Waals surface area contributed by atoms with Gasteiger partial charge in [-0.05, 0) is 40.3 Å². The third kappa shape index (κ3) is 3.34. The van der Waals surface area contributed by atoms with Crippen molar-refractivity contribution in [2.24, 2.45) is 0 Å². The van der Waals surface area contributed by atoms with Gasteiger partial charge in [-0.25, -0.2) is 4.68 Å². The van der Waals surface area contributed by atoms with Gasteiger partial charge in [0.15, 0.2) is 0 Å². The summed E-state index contributed by atoms with van der Waals surface area (Å²) in [6, 6.07) is 27.8. The molecule has 4 aromatic rings. The van der Waals surface area contributed by atoms with Crippen LogP contribution in [0.15, 0.2) is 91.3 Å². The van der Waals surface area contributed by atoms with Crippen LogP contribution < -0.4 is 5.32 Å². The number of benzene rings is 3. The fourth-order valence-electron chi connectivity index (χ4n) is 3.76. The van der Waals surface area contributed by atoms with Crippen molar-refractivity contribution < 1.29 is 0 Å². The fourth-order valence-corrected chi connectivity index (χ4v) is 3.76. The summed E-state index contributed by atoms with van der Waals surface area (Å²) < 4.78 is 1.93. The summed E-state index contributed by atoms with van der Waals surface area (Å²) >= 11 is 0. The molecule has 0 saturated carbocycles. The van der Waals surface area contributed by atoms with Gasteiger partial charge < -0.3 is 5.32 Å². The smallest absolute Gasteiger partial charge is 0.226 e. The molecule has 5 rings (SSSR count). The number of allylic oxidation sites excluding steroid dienone is 1. The van der Waals surface area contributed by atoms with E-state index in [1.54, 1.807) is 6.33 Å². The van der Waals surface area contributed by atoms with Crippen molar-refractivity contribution in [2.75, 3.05) is 5.32 Å². The van der Waals surface area contributed by atoms with Gasteiger partial charge in [0, 0.05) is 5.70 Å². The van der Waals surface area contributed by atoms with Crippen molar-refractivity contribution >= 4 is 11.6 Å². The molecule has 1 N–H and O–H groups in total. The lowest BCUT2D eigenvalue weighted by Crippen LogP contribution is -2.20. The Kier molecular flexibility index (Phi) is 4.45. The van der Waals surface area contributed by atoms with E-state index in [0.29, 0.717) is 0 Å². The Labute approximate surface area is 170 Å². The summed E-state index contributed by atoms with van der Waals surface area (Å²) in [4.78, 5) is 4.41. The number of nitrogens with zero attached hydrogens (tertiary/aromatic N) is 3. The molecule has 0 bridgehead atoms. The first-order valence-electron chi connectivity index (χ1n) is 9.95. The van der Waals surface area contributed by atoms with E-state index in [1.807, 2.05) is 10.7 Å². The second-order valence-electron chi connectivity index (χ2n) is 7.22. The number of anilines is 1. The van der Waals surface area contributed by atoms with Gasteiger partial charge in [-0.1, -0.05) is 85.8 Å². The third-order valence-electron chi connectivity index (χ3n) is 5.44. The van der Waals surface area contributed by atoms with Crippen molar-refractivity contribution in [3.63, 3.8) is 0 Å². The quantitative estimate of drug-likeness (QED) is 0.505. The Bertz CT molecular complexity index is 1140. The lowest BCUT2D eigenvalue weighted by molar-refractivity contribution is 0.611. The van der Waals surface area contributed by atoms with E-state index < -0.39 is 0 Å². The highest BCUT2D eigenvalue weighted by atomic mass is 15.4. The maximum absolute atomic E-state index is 4.44. The SMILES string of the molecule is CCc1ccc([C@H]2C=C(c3ccc(-c4ccccc4)cc3)Nc3ncnn32)cc1. The highest BCUT2D eigenvalue weighted by Gasteiger charge is 2.23. The standard InChI is InChI=1S/C25H22N4/c1-2-18-8-10-22(11-9-18)24-16-23(28-25-26-17-27-29(24)25)21-14-12-20(13-15-21)19-6-4-3-5-7-19/h3-17,24H,2H2,1H3,(H,26,27,28)/t24-/m1/s1.